The summed E-state index contributed by atoms with van der Waals surface area (Å²) in [5, 5.41) is 12.8. The summed E-state index contributed by atoms with van der Waals surface area (Å²) >= 11 is 0. The van der Waals surface area contributed by atoms with Crippen molar-refractivity contribution in [2.45, 2.75) is 12.8 Å². The van der Waals surface area contributed by atoms with Crippen molar-refractivity contribution < 1.29 is 5.11 Å². The van der Waals surface area contributed by atoms with Gasteiger partial charge < -0.3 is 9.67 Å². The molecular formula is C9H12N4O2. The Bertz CT molecular complexity index is 446. The lowest BCUT2D eigenvalue weighted by Gasteiger charge is -2.04. The molecule has 0 saturated carbocycles. The highest BCUT2D eigenvalue weighted by Gasteiger charge is 2.06. The summed E-state index contributed by atoms with van der Waals surface area (Å²) in [6, 6.07) is 1.48. The Morgan fingerprint density at radius 3 is 3.07 bits per heavy atom. The molecule has 0 amide bonds. The molecule has 0 saturated heterocycles. The van der Waals surface area contributed by atoms with Crippen molar-refractivity contribution in [3.63, 3.8) is 0 Å². The number of azide groups is 1. The van der Waals surface area contributed by atoms with Gasteiger partial charge >= 0.3 is 0 Å². The standard InChI is InChI=1S/C9H12N4O2/c1-13-6-4-8(14)7(9(13)15)3-2-5-11-12-10/h4,6,14H,2-3,5H2,1H3. The molecule has 0 atom stereocenters. The molecular weight excluding hydrogens is 196 g/mol. The van der Waals surface area contributed by atoms with Gasteiger partial charge in [-0.3, -0.25) is 4.79 Å². The fraction of sp³-hybridized carbons (Fsp3) is 0.444. The van der Waals surface area contributed by atoms with Gasteiger partial charge in [0.1, 0.15) is 5.75 Å². The van der Waals surface area contributed by atoms with Gasteiger partial charge in [-0.1, -0.05) is 5.11 Å². The minimum absolute atomic E-state index is 0.000891. The van der Waals surface area contributed by atoms with Gasteiger partial charge in [0.15, 0.2) is 0 Å². The van der Waals surface area contributed by atoms with E-state index in [1.54, 1.807) is 7.05 Å². The molecule has 0 fully saturated rings. The maximum absolute atomic E-state index is 11.6. The van der Waals surface area contributed by atoms with Crippen molar-refractivity contribution in [3.05, 3.63) is 38.6 Å². The minimum Gasteiger partial charge on any atom is -0.507 e. The van der Waals surface area contributed by atoms with Gasteiger partial charge in [0.25, 0.3) is 5.56 Å². The van der Waals surface area contributed by atoms with E-state index >= 15 is 0 Å². The molecule has 0 radical (unpaired) electrons. The van der Waals surface area contributed by atoms with E-state index in [4.69, 9.17) is 5.53 Å². The summed E-state index contributed by atoms with van der Waals surface area (Å²) in [6.07, 6.45) is 2.48. The summed E-state index contributed by atoms with van der Waals surface area (Å²) in [5.41, 5.74) is 8.22. The number of aryl methyl sites for hydroxylation is 1. The lowest BCUT2D eigenvalue weighted by atomic mass is 10.1. The first-order valence-electron chi connectivity index (χ1n) is 4.55. The topological polar surface area (TPSA) is 91.0 Å². The van der Waals surface area contributed by atoms with Crippen LogP contribution < -0.4 is 5.56 Å². The zero-order valence-electron chi connectivity index (χ0n) is 8.42. The Kier molecular flexibility index (Phi) is 3.76. The lowest BCUT2D eigenvalue weighted by Crippen LogP contribution is -2.20. The van der Waals surface area contributed by atoms with Crippen LogP contribution in [0.3, 0.4) is 0 Å². The second kappa shape index (κ2) is 5.07. The minimum atomic E-state index is -0.212. The molecule has 6 nitrogen and oxygen atoms in total. The predicted molar refractivity (Wildman–Crippen MR) is 55.7 cm³/mol. The molecule has 0 aliphatic rings. The summed E-state index contributed by atoms with van der Waals surface area (Å²) < 4.78 is 1.41. The molecule has 1 aromatic heterocycles. The SMILES string of the molecule is Cn1ccc(O)c(CCCN=[N+]=[N-])c1=O. The van der Waals surface area contributed by atoms with Crippen LogP contribution in [0.5, 0.6) is 5.75 Å². The number of nitrogens with zero attached hydrogens (tertiary/aromatic N) is 4. The third-order valence-electron chi connectivity index (χ3n) is 2.09. The first-order chi connectivity index (χ1) is 7.16. The van der Waals surface area contributed by atoms with E-state index in [1.807, 2.05) is 0 Å². The largest absolute Gasteiger partial charge is 0.507 e. The molecule has 1 rings (SSSR count). The Balaban J connectivity index is 2.80. The van der Waals surface area contributed by atoms with Crippen LogP contribution in [0.2, 0.25) is 0 Å². The fourth-order valence-corrected chi connectivity index (χ4v) is 1.28. The van der Waals surface area contributed by atoms with Crippen molar-refractivity contribution >= 4 is 0 Å². The Morgan fingerprint density at radius 1 is 1.67 bits per heavy atom. The number of aromatic hydroxyl groups is 1. The zero-order chi connectivity index (χ0) is 11.3. The van der Waals surface area contributed by atoms with Crippen LogP contribution >= 0.6 is 0 Å². The van der Waals surface area contributed by atoms with Crippen LogP contribution in [0.15, 0.2) is 22.2 Å². The van der Waals surface area contributed by atoms with Crippen molar-refractivity contribution in [1.29, 1.82) is 0 Å². The molecule has 0 spiro atoms. The molecule has 1 aromatic rings. The Morgan fingerprint density at radius 2 is 2.40 bits per heavy atom. The third kappa shape index (κ3) is 2.75. The van der Waals surface area contributed by atoms with Crippen LogP contribution in [0.1, 0.15) is 12.0 Å². The Hall–Kier alpha value is -1.94. The highest BCUT2D eigenvalue weighted by atomic mass is 16.3. The summed E-state index contributed by atoms with van der Waals surface area (Å²) in [5.74, 6) is -0.000891. The van der Waals surface area contributed by atoms with Crippen LogP contribution in [-0.2, 0) is 13.5 Å². The predicted octanol–water partition coefficient (Wildman–Crippen LogP) is 1.33. The van der Waals surface area contributed by atoms with E-state index < -0.39 is 0 Å². The molecule has 6 heteroatoms. The number of rotatable bonds is 4. The first kappa shape index (κ1) is 11.1. The van der Waals surface area contributed by atoms with Gasteiger partial charge in [-0.25, -0.2) is 0 Å². The first-order valence-corrected chi connectivity index (χ1v) is 4.55. The fourth-order valence-electron chi connectivity index (χ4n) is 1.28. The molecule has 0 unspecified atom stereocenters. The quantitative estimate of drug-likeness (QED) is 0.350. The Labute approximate surface area is 86.4 Å². The second-order valence-corrected chi connectivity index (χ2v) is 3.15. The van der Waals surface area contributed by atoms with Crippen molar-refractivity contribution in [2.24, 2.45) is 12.2 Å². The van der Waals surface area contributed by atoms with E-state index in [-0.39, 0.29) is 11.3 Å². The highest BCUT2D eigenvalue weighted by Crippen LogP contribution is 2.12. The van der Waals surface area contributed by atoms with Gasteiger partial charge in [-0.2, -0.15) is 0 Å². The van der Waals surface area contributed by atoms with Gasteiger partial charge in [-0.05, 0) is 24.4 Å². The van der Waals surface area contributed by atoms with Crippen LogP contribution in [0, 0.1) is 0 Å². The van der Waals surface area contributed by atoms with Gasteiger partial charge in [0, 0.05) is 24.7 Å². The van der Waals surface area contributed by atoms with Crippen LogP contribution in [0.4, 0.5) is 0 Å². The molecule has 1 heterocycles. The smallest absolute Gasteiger partial charge is 0.257 e. The molecule has 15 heavy (non-hydrogen) atoms. The maximum atomic E-state index is 11.6. The number of pyridine rings is 1. The monoisotopic (exact) mass is 208 g/mol. The van der Waals surface area contributed by atoms with E-state index in [2.05, 4.69) is 10.0 Å². The summed E-state index contributed by atoms with van der Waals surface area (Å²) in [4.78, 5) is 14.2. The van der Waals surface area contributed by atoms with Crippen LogP contribution in [0.25, 0.3) is 10.4 Å². The number of hydrogen-bond acceptors (Lipinski definition) is 3. The molecule has 0 bridgehead atoms. The van der Waals surface area contributed by atoms with Gasteiger partial charge in [-0.15, -0.1) is 0 Å². The second-order valence-electron chi connectivity index (χ2n) is 3.15. The summed E-state index contributed by atoms with van der Waals surface area (Å²) in [6.45, 7) is 0.327. The molecule has 80 valence electrons. The molecule has 1 N–H and O–H groups in total. The molecule has 0 aliphatic carbocycles. The van der Waals surface area contributed by atoms with Crippen LogP contribution in [-0.4, -0.2) is 16.2 Å². The van der Waals surface area contributed by atoms with E-state index in [9.17, 15) is 9.90 Å². The average Bonchev–Trinajstić information content (AvgIpc) is 2.23. The van der Waals surface area contributed by atoms with E-state index in [1.165, 1.54) is 16.8 Å². The normalized spacial score (nSPS) is 9.67. The van der Waals surface area contributed by atoms with Gasteiger partial charge in [0.2, 0.25) is 0 Å². The molecule has 0 aliphatic heterocycles. The summed E-state index contributed by atoms with van der Waals surface area (Å²) in [7, 11) is 1.62. The van der Waals surface area contributed by atoms with Crippen molar-refractivity contribution in [2.75, 3.05) is 6.54 Å². The third-order valence-corrected chi connectivity index (χ3v) is 2.09. The van der Waals surface area contributed by atoms with Gasteiger partial charge in [0.05, 0.1) is 5.56 Å². The van der Waals surface area contributed by atoms with Crippen molar-refractivity contribution in [3.8, 4) is 5.75 Å². The lowest BCUT2D eigenvalue weighted by molar-refractivity contribution is 0.462. The zero-order valence-corrected chi connectivity index (χ0v) is 8.42. The van der Waals surface area contributed by atoms with Crippen molar-refractivity contribution in [1.82, 2.24) is 4.57 Å². The number of aromatic nitrogens is 1. The highest BCUT2D eigenvalue weighted by molar-refractivity contribution is 5.29. The number of hydrogen-bond donors (Lipinski definition) is 1. The van der Waals surface area contributed by atoms with E-state index in [0.29, 0.717) is 24.9 Å². The average molecular weight is 208 g/mol. The maximum Gasteiger partial charge on any atom is 0.257 e. The van der Waals surface area contributed by atoms with E-state index in [0.717, 1.165) is 0 Å². The molecule has 0 aromatic carbocycles.